The van der Waals surface area contributed by atoms with Gasteiger partial charge in [0, 0.05) is 0 Å². The SMILES string of the molecule is CCCC[C@@H](NC(=O)OCc1ccccc1)C(=O)NCC#N. The van der Waals surface area contributed by atoms with E-state index in [1.807, 2.05) is 43.3 Å². The topological polar surface area (TPSA) is 91.2 Å². The largest absolute Gasteiger partial charge is 0.445 e. The first-order valence-corrected chi connectivity index (χ1v) is 7.29. The van der Waals surface area contributed by atoms with Crippen LogP contribution in [0.4, 0.5) is 4.79 Å². The maximum atomic E-state index is 11.9. The summed E-state index contributed by atoms with van der Waals surface area (Å²) < 4.78 is 5.10. The highest BCUT2D eigenvalue weighted by atomic mass is 16.5. The molecule has 1 aromatic rings. The van der Waals surface area contributed by atoms with Crippen LogP contribution in [-0.4, -0.2) is 24.6 Å². The van der Waals surface area contributed by atoms with Crippen LogP contribution in [0.1, 0.15) is 31.7 Å². The van der Waals surface area contributed by atoms with Crippen LogP contribution in [0.15, 0.2) is 30.3 Å². The fraction of sp³-hybridized carbons (Fsp3) is 0.438. The number of unbranched alkanes of at least 4 members (excludes halogenated alkanes) is 1. The second-order valence-electron chi connectivity index (χ2n) is 4.78. The maximum Gasteiger partial charge on any atom is 0.408 e. The first-order valence-electron chi connectivity index (χ1n) is 7.29. The van der Waals surface area contributed by atoms with Crippen molar-refractivity contribution in [2.75, 3.05) is 6.54 Å². The molecule has 0 bridgehead atoms. The van der Waals surface area contributed by atoms with Crippen molar-refractivity contribution in [1.82, 2.24) is 10.6 Å². The van der Waals surface area contributed by atoms with Gasteiger partial charge in [-0.05, 0) is 12.0 Å². The predicted octanol–water partition coefficient (Wildman–Crippen LogP) is 2.11. The highest BCUT2D eigenvalue weighted by Crippen LogP contribution is 2.04. The van der Waals surface area contributed by atoms with Crippen molar-refractivity contribution in [2.45, 2.75) is 38.8 Å². The zero-order chi connectivity index (χ0) is 16.2. The number of carbonyl (C=O) groups excluding carboxylic acids is 2. The molecule has 0 aliphatic heterocycles. The van der Waals surface area contributed by atoms with Crippen molar-refractivity contribution in [3.63, 3.8) is 0 Å². The van der Waals surface area contributed by atoms with Crippen molar-refractivity contribution in [3.05, 3.63) is 35.9 Å². The van der Waals surface area contributed by atoms with Crippen LogP contribution < -0.4 is 10.6 Å². The average Bonchev–Trinajstić information content (AvgIpc) is 2.55. The Morgan fingerprint density at radius 3 is 2.68 bits per heavy atom. The molecule has 0 spiro atoms. The van der Waals surface area contributed by atoms with Crippen molar-refractivity contribution < 1.29 is 14.3 Å². The van der Waals surface area contributed by atoms with Gasteiger partial charge in [0.1, 0.15) is 19.2 Å². The third kappa shape index (κ3) is 6.75. The van der Waals surface area contributed by atoms with E-state index < -0.39 is 12.1 Å². The second kappa shape index (κ2) is 10.2. The summed E-state index contributed by atoms with van der Waals surface area (Å²) in [5.41, 5.74) is 0.872. The van der Waals surface area contributed by atoms with Gasteiger partial charge in [-0.15, -0.1) is 0 Å². The van der Waals surface area contributed by atoms with Gasteiger partial charge in [0.2, 0.25) is 5.91 Å². The lowest BCUT2D eigenvalue weighted by Crippen LogP contribution is -2.47. The summed E-state index contributed by atoms with van der Waals surface area (Å²) in [6.07, 6.45) is 1.57. The van der Waals surface area contributed by atoms with Crippen LogP contribution in [0, 0.1) is 11.3 Å². The van der Waals surface area contributed by atoms with Gasteiger partial charge < -0.3 is 15.4 Å². The minimum atomic E-state index is -0.684. The molecule has 2 amide bonds. The summed E-state index contributed by atoms with van der Waals surface area (Å²) >= 11 is 0. The van der Waals surface area contributed by atoms with Crippen molar-refractivity contribution in [1.29, 1.82) is 5.26 Å². The summed E-state index contributed by atoms with van der Waals surface area (Å²) in [7, 11) is 0. The molecule has 0 aliphatic carbocycles. The van der Waals surface area contributed by atoms with Gasteiger partial charge in [-0.2, -0.15) is 5.26 Å². The molecule has 0 saturated heterocycles. The maximum absolute atomic E-state index is 11.9. The molecule has 6 nitrogen and oxygen atoms in total. The van der Waals surface area contributed by atoms with E-state index in [1.54, 1.807) is 0 Å². The zero-order valence-corrected chi connectivity index (χ0v) is 12.7. The normalized spacial score (nSPS) is 11.1. The van der Waals surface area contributed by atoms with Crippen LogP contribution in [0.2, 0.25) is 0 Å². The number of benzene rings is 1. The lowest BCUT2D eigenvalue weighted by molar-refractivity contribution is -0.123. The number of nitrogens with one attached hydrogen (secondary N) is 2. The Morgan fingerprint density at radius 2 is 2.05 bits per heavy atom. The summed E-state index contributed by atoms with van der Waals surface area (Å²) in [4.78, 5) is 23.7. The molecule has 0 radical (unpaired) electrons. The minimum Gasteiger partial charge on any atom is -0.445 e. The molecule has 1 aromatic carbocycles. The molecule has 0 fully saturated rings. The van der Waals surface area contributed by atoms with E-state index in [0.29, 0.717) is 6.42 Å². The second-order valence-corrected chi connectivity index (χ2v) is 4.78. The highest BCUT2D eigenvalue weighted by molar-refractivity contribution is 5.85. The number of ether oxygens (including phenoxy) is 1. The van der Waals surface area contributed by atoms with Gasteiger partial charge in [-0.25, -0.2) is 4.79 Å². The number of amides is 2. The molecule has 1 rings (SSSR count). The van der Waals surface area contributed by atoms with Crippen molar-refractivity contribution in [2.24, 2.45) is 0 Å². The third-order valence-electron chi connectivity index (χ3n) is 3.01. The molecule has 22 heavy (non-hydrogen) atoms. The van der Waals surface area contributed by atoms with Crippen LogP contribution in [-0.2, 0) is 16.1 Å². The Kier molecular flexibility index (Phi) is 8.13. The molecule has 0 heterocycles. The number of hydrogen-bond acceptors (Lipinski definition) is 4. The summed E-state index contributed by atoms with van der Waals surface area (Å²) in [5.74, 6) is -0.369. The van der Waals surface area contributed by atoms with E-state index in [2.05, 4.69) is 10.6 Å². The van der Waals surface area contributed by atoms with Gasteiger partial charge in [-0.3, -0.25) is 4.79 Å². The standard InChI is InChI=1S/C16H21N3O3/c1-2-3-9-14(15(20)18-11-10-17)19-16(21)22-12-13-7-5-4-6-8-13/h4-8,14H,2-3,9,11-12H2,1H3,(H,18,20)(H,19,21)/t14-/m1/s1. The van der Waals surface area contributed by atoms with E-state index in [1.165, 1.54) is 0 Å². The van der Waals surface area contributed by atoms with Gasteiger partial charge in [0.25, 0.3) is 0 Å². The molecular weight excluding hydrogens is 282 g/mol. The Balaban J connectivity index is 2.47. The van der Waals surface area contributed by atoms with Gasteiger partial charge in [-0.1, -0.05) is 50.1 Å². The van der Waals surface area contributed by atoms with Crippen LogP contribution in [0.25, 0.3) is 0 Å². The van der Waals surface area contributed by atoms with Crippen molar-refractivity contribution in [3.8, 4) is 6.07 Å². The lowest BCUT2D eigenvalue weighted by atomic mass is 10.1. The van der Waals surface area contributed by atoms with E-state index in [-0.39, 0.29) is 19.1 Å². The monoisotopic (exact) mass is 303 g/mol. The van der Waals surface area contributed by atoms with Crippen LogP contribution in [0.5, 0.6) is 0 Å². The molecular formula is C16H21N3O3. The van der Waals surface area contributed by atoms with Crippen LogP contribution >= 0.6 is 0 Å². The van der Waals surface area contributed by atoms with E-state index >= 15 is 0 Å². The lowest BCUT2D eigenvalue weighted by Gasteiger charge is -2.17. The summed E-state index contributed by atoms with van der Waals surface area (Å²) in [5, 5.41) is 13.5. The first kappa shape index (κ1) is 17.5. The number of nitrogens with zero attached hydrogens (tertiary/aromatic N) is 1. The number of rotatable bonds is 8. The van der Waals surface area contributed by atoms with Gasteiger partial charge in [0.15, 0.2) is 0 Å². The summed E-state index contributed by atoms with van der Waals surface area (Å²) in [6, 6.07) is 10.4. The fourth-order valence-electron chi connectivity index (χ4n) is 1.83. The number of nitriles is 1. The average molecular weight is 303 g/mol. The predicted molar refractivity (Wildman–Crippen MR) is 81.7 cm³/mol. The third-order valence-corrected chi connectivity index (χ3v) is 3.01. The Bertz CT molecular complexity index is 511. The van der Waals surface area contributed by atoms with Gasteiger partial charge >= 0.3 is 6.09 Å². The highest BCUT2D eigenvalue weighted by Gasteiger charge is 2.20. The molecule has 0 aliphatic rings. The molecule has 118 valence electrons. The first-order chi connectivity index (χ1) is 10.7. The van der Waals surface area contributed by atoms with E-state index in [0.717, 1.165) is 18.4 Å². The fourth-order valence-corrected chi connectivity index (χ4v) is 1.83. The van der Waals surface area contributed by atoms with Crippen LogP contribution in [0.3, 0.4) is 0 Å². The smallest absolute Gasteiger partial charge is 0.408 e. The van der Waals surface area contributed by atoms with E-state index in [4.69, 9.17) is 10.00 Å². The Hall–Kier alpha value is -2.55. The molecule has 0 unspecified atom stereocenters. The summed E-state index contributed by atoms with van der Waals surface area (Å²) in [6.45, 7) is 2.06. The number of carbonyl (C=O) groups is 2. The zero-order valence-electron chi connectivity index (χ0n) is 12.7. The van der Waals surface area contributed by atoms with Gasteiger partial charge in [0.05, 0.1) is 6.07 Å². The molecule has 1 atom stereocenters. The quantitative estimate of drug-likeness (QED) is 0.720. The molecule has 6 heteroatoms. The molecule has 0 saturated carbocycles. The number of alkyl carbamates (subject to hydrolysis) is 1. The van der Waals surface area contributed by atoms with Crippen molar-refractivity contribution >= 4 is 12.0 Å². The molecule has 0 aromatic heterocycles. The Morgan fingerprint density at radius 1 is 1.32 bits per heavy atom. The minimum absolute atomic E-state index is 0.0811. The van der Waals surface area contributed by atoms with E-state index in [9.17, 15) is 9.59 Å². The Labute approximate surface area is 130 Å². The molecule has 2 N–H and O–H groups in total. The number of hydrogen-bond donors (Lipinski definition) is 2.